The Bertz CT molecular complexity index is 665. The van der Waals surface area contributed by atoms with Crippen LogP contribution >= 0.6 is 12.2 Å². The zero-order valence-electron chi connectivity index (χ0n) is 14.2. The summed E-state index contributed by atoms with van der Waals surface area (Å²) in [7, 11) is 0. The lowest BCUT2D eigenvalue weighted by Crippen LogP contribution is -2.30. The largest absolute Gasteiger partial charge is 0.490 e. The van der Waals surface area contributed by atoms with E-state index in [4.69, 9.17) is 21.7 Å². The zero-order valence-corrected chi connectivity index (χ0v) is 15.0. The maximum atomic E-state index is 5.67. The van der Waals surface area contributed by atoms with Crippen molar-refractivity contribution in [3.8, 4) is 11.5 Å². The van der Waals surface area contributed by atoms with Crippen LogP contribution in [0.15, 0.2) is 42.7 Å². The van der Waals surface area contributed by atoms with Gasteiger partial charge in [0.1, 0.15) is 0 Å². The molecule has 0 saturated carbocycles. The molecule has 0 saturated heterocycles. The molecule has 0 bridgehead atoms. The molecule has 0 spiro atoms. The van der Waals surface area contributed by atoms with Crippen LogP contribution in [-0.2, 0) is 0 Å². The molecule has 2 rings (SSSR count). The summed E-state index contributed by atoms with van der Waals surface area (Å²) >= 11 is 5.37. The highest BCUT2D eigenvalue weighted by atomic mass is 32.1. The van der Waals surface area contributed by atoms with E-state index in [9.17, 15) is 0 Å². The summed E-state index contributed by atoms with van der Waals surface area (Å²) < 4.78 is 11.3. The maximum absolute atomic E-state index is 5.67. The van der Waals surface area contributed by atoms with Crippen molar-refractivity contribution in [2.45, 2.75) is 26.8 Å². The molecule has 0 aliphatic rings. The van der Waals surface area contributed by atoms with Crippen LogP contribution in [0.5, 0.6) is 11.5 Å². The van der Waals surface area contributed by atoms with E-state index in [2.05, 4.69) is 15.6 Å². The summed E-state index contributed by atoms with van der Waals surface area (Å²) in [5.74, 6) is 1.51. The van der Waals surface area contributed by atoms with Crippen LogP contribution in [0.4, 0.5) is 5.69 Å². The molecule has 1 unspecified atom stereocenters. The van der Waals surface area contributed by atoms with Crippen molar-refractivity contribution in [3.63, 3.8) is 0 Å². The number of pyridine rings is 1. The van der Waals surface area contributed by atoms with E-state index in [-0.39, 0.29) is 6.04 Å². The van der Waals surface area contributed by atoms with Crippen LogP contribution < -0.4 is 20.1 Å². The monoisotopic (exact) mass is 345 g/mol. The van der Waals surface area contributed by atoms with Crippen molar-refractivity contribution in [1.82, 2.24) is 10.3 Å². The predicted molar refractivity (Wildman–Crippen MR) is 101 cm³/mol. The molecule has 1 aromatic carbocycles. The smallest absolute Gasteiger partial charge is 0.171 e. The third kappa shape index (κ3) is 5.09. The van der Waals surface area contributed by atoms with Gasteiger partial charge in [-0.15, -0.1) is 0 Å². The van der Waals surface area contributed by atoms with E-state index in [1.807, 2.05) is 51.1 Å². The number of benzene rings is 1. The van der Waals surface area contributed by atoms with Crippen molar-refractivity contribution in [2.24, 2.45) is 0 Å². The van der Waals surface area contributed by atoms with E-state index in [1.165, 1.54) is 0 Å². The average Bonchev–Trinajstić information content (AvgIpc) is 2.57. The lowest BCUT2D eigenvalue weighted by Gasteiger charge is -2.19. The van der Waals surface area contributed by atoms with Gasteiger partial charge in [0.2, 0.25) is 0 Å². The molecule has 0 aliphatic heterocycles. The lowest BCUT2D eigenvalue weighted by atomic mass is 10.1. The predicted octanol–water partition coefficient (Wildman–Crippen LogP) is 3.93. The first-order valence-electron chi connectivity index (χ1n) is 8.01. The molecule has 0 aliphatic carbocycles. The molecule has 5 nitrogen and oxygen atoms in total. The van der Waals surface area contributed by atoms with Crippen LogP contribution in [0.1, 0.15) is 32.4 Å². The number of ether oxygens (including phenoxy) is 2. The molecule has 1 heterocycles. The standard InChI is InChI=1S/C18H23N3O2S/c1-4-22-16-7-6-14(12-17(16)23-5-2)13(3)20-18(24)21-15-8-10-19-11-9-15/h6-13H,4-5H2,1-3H3,(H2,19,20,21,24). The van der Waals surface area contributed by atoms with E-state index in [0.717, 1.165) is 22.7 Å². The van der Waals surface area contributed by atoms with Gasteiger partial charge in [0, 0.05) is 18.1 Å². The van der Waals surface area contributed by atoms with Gasteiger partial charge in [-0.1, -0.05) is 6.07 Å². The molecule has 24 heavy (non-hydrogen) atoms. The molecule has 2 N–H and O–H groups in total. The summed E-state index contributed by atoms with van der Waals surface area (Å²) in [5, 5.41) is 6.96. The molecular weight excluding hydrogens is 322 g/mol. The number of rotatable bonds is 7. The summed E-state index contributed by atoms with van der Waals surface area (Å²) in [5.41, 5.74) is 1.97. The first kappa shape index (κ1) is 18.0. The quantitative estimate of drug-likeness (QED) is 0.742. The van der Waals surface area contributed by atoms with Crippen LogP contribution in [0.3, 0.4) is 0 Å². The molecule has 6 heteroatoms. The van der Waals surface area contributed by atoms with Crippen molar-refractivity contribution in [1.29, 1.82) is 0 Å². The maximum Gasteiger partial charge on any atom is 0.171 e. The fourth-order valence-corrected chi connectivity index (χ4v) is 2.51. The van der Waals surface area contributed by atoms with Crippen LogP contribution in [0.25, 0.3) is 0 Å². The molecule has 1 atom stereocenters. The van der Waals surface area contributed by atoms with Crippen molar-refractivity contribution in [2.75, 3.05) is 18.5 Å². The second kappa shape index (κ2) is 9.08. The van der Waals surface area contributed by atoms with Gasteiger partial charge in [-0.25, -0.2) is 0 Å². The molecule has 2 aromatic rings. The number of nitrogens with one attached hydrogen (secondary N) is 2. The number of anilines is 1. The van der Waals surface area contributed by atoms with Gasteiger partial charge in [0.05, 0.1) is 19.3 Å². The van der Waals surface area contributed by atoms with Gasteiger partial charge in [-0.2, -0.15) is 0 Å². The Hall–Kier alpha value is -2.34. The molecule has 0 radical (unpaired) electrons. The van der Waals surface area contributed by atoms with E-state index >= 15 is 0 Å². The van der Waals surface area contributed by atoms with Crippen LogP contribution in [0.2, 0.25) is 0 Å². The molecule has 0 fully saturated rings. The number of hydrogen-bond acceptors (Lipinski definition) is 4. The third-order valence-electron chi connectivity index (χ3n) is 3.35. The van der Waals surface area contributed by atoms with Crippen molar-refractivity contribution in [3.05, 3.63) is 48.3 Å². The third-order valence-corrected chi connectivity index (χ3v) is 3.57. The van der Waals surface area contributed by atoms with E-state index in [1.54, 1.807) is 12.4 Å². The Morgan fingerprint density at radius 3 is 2.42 bits per heavy atom. The molecule has 0 amide bonds. The lowest BCUT2D eigenvalue weighted by molar-refractivity contribution is 0.287. The Morgan fingerprint density at radius 1 is 1.08 bits per heavy atom. The van der Waals surface area contributed by atoms with Crippen LogP contribution in [0, 0.1) is 0 Å². The highest BCUT2D eigenvalue weighted by molar-refractivity contribution is 7.80. The Balaban J connectivity index is 2.04. The zero-order chi connectivity index (χ0) is 17.4. The molecule has 128 valence electrons. The van der Waals surface area contributed by atoms with Crippen LogP contribution in [-0.4, -0.2) is 23.3 Å². The van der Waals surface area contributed by atoms with Gasteiger partial charge < -0.3 is 20.1 Å². The van der Waals surface area contributed by atoms with Crippen molar-refractivity contribution < 1.29 is 9.47 Å². The Labute approximate surface area is 148 Å². The number of aromatic nitrogens is 1. The van der Waals surface area contributed by atoms with Gasteiger partial charge >= 0.3 is 0 Å². The fourth-order valence-electron chi connectivity index (χ4n) is 2.22. The normalized spacial score (nSPS) is 11.5. The SMILES string of the molecule is CCOc1ccc(C(C)NC(=S)Nc2ccncc2)cc1OCC. The summed E-state index contributed by atoms with van der Waals surface area (Å²) in [6.45, 7) is 7.15. The minimum Gasteiger partial charge on any atom is -0.490 e. The summed E-state index contributed by atoms with van der Waals surface area (Å²) in [4.78, 5) is 3.98. The average molecular weight is 345 g/mol. The molecule has 1 aromatic heterocycles. The van der Waals surface area contributed by atoms with Crippen molar-refractivity contribution >= 4 is 23.0 Å². The second-order valence-corrected chi connectivity index (χ2v) is 5.54. The van der Waals surface area contributed by atoms with Gasteiger partial charge in [0.15, 0.2) is 16.6 Å². The topological polar surface area (TPSA) is 55.4 Å². The first-order chi connectivity index (χ1) is 11.6. The highest BCUT2D eigenvalue weighted by Gasteiger charge is 2.12. The highest BCUT2D eigenvalue weighted by Crippen LogP contribution is 2.30. The van der Waals surface area contributed by atoms with E-state index in [0.29, 0.717) is 18.3 Å². The number of thiocarbonyl (C=S) groups is 1. The Kier molecular flexibility index (Phi) is 6.81. The summed E-state index contributed by atoms with van der Waals surface area (Å²) in [6.07, 6.45) is 3.43. The van der Waals surface area contributed by atoms with Gasteiger partial charge in [-0.05, 0) is 62.8 Å². The minimum atomic E-state index is 0.0294. The Morgan fingerprint density at radius 2 is 1.75 bits per heavy atom. The minimum absolute atomic E-state index is 0.0294. The van der Waals surface area contributed by atoms with E-state index < -0.39 is 0 Å². The van der Waals surface area contributed by atoms with Gasteiger partial charge in [-0.3, -0.25) is 4.98 Å². The first-order valence-corrected chi connectivity index (χ1v) is 8.42. The summed E-state index contributed by atoms with van der Waals surface area (Å²) in [6, 6.07) is 9.69. The second-order valence-electron chi connectivity index (χ2n) is 5.13. The number of nitrogens with zero attached hydrogens (tertiary/aromatic N) is 1. The molecular formula is C18H23N3O2S. The fraction of sp³-hybridized carbons (Fsp3) is 0.333. The van der Waals surface area contributed by atoms with Gasteiger partial charge in [0.25, 0.3) is 0 Å². The number of hydrogen-bond donors (Lipinski definition) is 2.